The quantitative estimate of drug-likeness (QED) is 0.819. The van der Waals surface area contributed by atoms with Crippen molar-refractivity contribution >= 4 is 5.91 Å². The molecule has 1 saturated carbocycles. The lowest BCUT2D eigenvalue weighted by atomic mass is 9.78. The number of nitrogens with zero attached hydrogens (tertiary/aromatic N) is 1. The molecule has 2 fully saturated rings. The molecular weight excluding hydrogens is 224 g/mol. The van der Waals surface area contributed by atoms with E-state index < -0.39 is 0 Å². The van der Waals surface area contributed by atoms with Gasteiger partial charge in [-0.05, 0) is 58.9 Å². The third kappa shape index (κ3) is 3.71. The Kier molecular flexibility index (Phi) is 4.31. The fourth-order valence-corrected chi connectivity index (χ4v) is 3.57. The summed E-state index contributed by atoms with van der Waals surface area (Å²) in [4.78, 5) is 14.5. The second kappa shape index (κ2) is 5.60. The minimum Gasteiger partial charge on any atom is -0.350 e. The van der Waals surface area contributed by atoms with Gasteiger partial charge in [0.1, 0.15) is 0 Å². The maximum Gasteiger partial charge on any atom is 0.234 e. The summed E-state index contributed by atoms with van der Waals surface area (Å²) in [6, 6.07) is 0.679. The number of fused-ring (bicyclic) bond motifs is 1. The predicted molar refractivity (Wildman–Crippen MR) is 74.4 cm³/mol. The van der Waals surface area contributed by atoms with Crippen molar-refractivity contribution in [3.05, 3.63) is 0 Å². The van der Waals surface area contributed by atoms with Crippen molar-refractivity contribution < 1.29 is 4.79 Å². The molecule has 104 valence electrons. The second-order valence-corrected chi connectivity index (χ2v) is 7.02. The van der Waals surface area contributed by atoms with Gasteiger partial charge in [-0.25, -0.2) is 0 Å². The zero-order chi connectivity index (χ0) is 13.2. The summed E-state index contributed by atoms with van der Waals surface area (Å²) >= 11 is 0. The summed E-state index contributed by atoms with van der Waals surface area (Å²) in [7, 11) is 0. The highest BCUT2D eigenvalue weighted by Crippen LogP contribution is 2.34. The van der Waals surface area contributed by atoms with Crippen molar-refractivity contribution in [2.24, 2.45) is 5.92 Å². The van der Waals surface area contributed by atoms with Crippen LogP contribution in [0.5, 0.6) is 0 Å². The maximum atomic E-state index is 12.0. The number of likely N-dealkylation sites (tertiary alicyclic amines) is 1. The average Bonchev–Trinajstić information content (AvgIpc) is 2.27. The molecule has 0 aromatic heterocycles. The van der Waals surface area contributed by atoms with Crippen molar-refractivity contribution in [2.75, 3.05) is 13.1 Å². The van der Waals surface area contributed by atoms with Crippen molar-refractivity contribution in [3.8, 4) is 0 Å². The van der Waals surface area contributed by atoms with E-state index in [1.165, 1.54) is 38.5 Å². The Balaban J connectivity index is 1.89. The van der Waals surface area contributed by atoms with Crippen LogP contribution in [0.15, 0.2) is 0 Å². The van der Waals surface area contributed by atoms with Crippen LogP contribution in [-0.4, -0.2) is 35.5 Å². The number of hydrogen-bond acceptors (Lipinski definition) is 2. The van der Waals surface area contributed by atoms with Crippen molar-refractivity contribution in [2.45, 2.75) is 70.9 Å². The number of piperidine rings is 1. The fraction of sp³-hybridized carbons (Fsp3) is 0.933. The summed E-state index contributed by atoms with van der Waals surface area (Å²) in [6.07, 6.45) is 8.06. The van der Waals surface area contributed by atoms with E-state index >= 15 is 0 Å². The number of nitrogens with one attached hydrogen (secondary N) is 1. The molecule has 1 aliphatic carbocycles. The van der Waals surface area contributed by atoms with Crippen molar-refractivity contribution in [3.63, 3.8) is 0 Å². The SMILES string of the molecule is CC(C)(C)NC(=O)CN1CCCC2CCCCC21. The van der Waals surface area contributed by atoms with Gasteiger partial charge in [-0.2, -0.15) is 0 Å². The van der Waals surface area contributed by atoms with E-state index in [1.54, 1.807) is 0 Å². The third-order valence-electron chi connectivity index (χ3n) is 4.22. The van der Waals surface area contributed by atoms with E-state index in [4.69, 9.17) is 0 Å². The molecule has 1 N–H and O–H groups in total. The summed E-state index contributed by atoms with van der Waals surface area (Å²) in [5, 5.41) is 3.08. The normalized spacial score (nSPS) is 29.7. The summed E-state index contributed by atoms with van der Waals surface area (Å²) in [6.45, 7) is 7.84. The molecule has 1 heterocycles. The van der Waals surface area contributed by atoms with E-state index in [9.17, 15) is 4.79 Å². The van der Waals surface area contributed by atoms with E-state index in [-0.39, 0.29) is 11.4 Å². The van der Waals surface area contributed by atoms with Crippen LogP contribution >= 0.6 is 0 Å². The second-order valence-electron chi connectivity index (χ2n) is 7.02. The molecular formula is C15H28N2O. The van der Waals surface area contributed by atoms with Gasteiger partial charge in [0.25, 0.3) is 0 Å². The van der Waals surface area contributed by atoms with Crippen LogP contribution in [-0.2, 0) is 4.79 Å². The zero-order valence-electron chi connectivity index (χ0n) is 12.2. The Morgan fingerprint density at radius 3 is 2.56 bits per heavy atom. The molecule has 1 aliphatic heterocycles. The molecule has 3 heteroatoms. The smallest absolute Gasteiger partial charge is 0.234 e. The van der Waals surface area contributed by atoms with Crippen LogP contribution in [0.1, 0.15) is 59.3 Å². The highest BCUT2D eigenvalue weighted by Gasteiger charge is 2.34. The average molecular weight is 252 g/mol. The highest BCUT2D eigenvalue weighted by atomic mass is 16.2. The molecule has 1 amide bonds. The van der Waals surface area contributed by atoms with E-state index in [2.05, 4.69) is 10.2 Å². The maximum absolute atomic E-state index is 12.0. The molecule has 0 aromatic carbocycles. The highest BCUT2D eigenvalue weighted by molar-refractivity contribution is 5.78. The first-order valence-corrected chi connectivity index (χ1v) is 7.51. The van der Waals surface area contributed by atoms with Gasteiger partial charge in [0, 0.05) is 11.6 Å². The molecule has 2 atom stereocenters. The van der Waals surface area contributed by atoms with Crippen LogP contribution in [0.3, 0.4) is 0 Å². The van der Waals surface area contributed by atoms with Gasteiger partial charge in [0.05, 0.1) is 6.54 Å². The number of hydrogen-bond donors (Lipinski definition) is 1. The predicted octanol–water partition coefficient (Wildman–Crippen LogP) is 2.56. The van der Waals surface area contributed by atoms with Crippen LogP contribution in [0.4, 0.5) is 0 Å². The minimum atomic E-state index is -0.112. The minimum absolute atomic E-state index is 0.112. The zero-order valence-corrected chi connectivity index (χ0v) is 12.2. The van der Waals surface area contributed by atoms with Gasteiger partial charge in [0.15, 0.2) is 0 Å². The fourth-order valence-electron chi connectivity index (χ4n) is 3.57. The summed E-state index contributed by atoms with van der Waals surface area (Å²) in [5.41, 5.74) is -0.112. The number of carbonyl (C=O) groups is 1. The molecule has 0 bridgehead atoms. The number of amides is 1. The van der Waals surface area contributed by atoms with Gasteiger partial charge in [-0.3, -0.25) is 9.69 Å². The third-order valence-corrected chi connectivity index (χ3v) is 4.22. The topological polar surface area (TPSA) is 32.3 Å². The summed E-state index contributed by atoms with van der Waals surface area (Å²) < 4.78 is 0. The van der Waals surface area contributed by atoms with Gasteiger partial charge in [-0.1, -0.05) is 12.8 Å². The molecule has 2 unspecified atom stereocenters. The molecule has 0 aromatic rings. The summed E-state index contributed by atoms with van der Waals surface area (Å²) in [5.74, 6) is 1.05. The Bertz CT molecular complexity index is 293. The molecule has 18 heavy (non-hydrogen) atoms. The van der Waals surface area contributed by atoms with Crippen molar-refractivity contribution in [1.29, 1.82) is 0 Å². The van der Waals surface area contributed by atoms with Crippen LogP contribution in [0.2, 0.25) is 0 Å². The first kappa shape index (κ1) is 13.9. The lowest BCUT2D eigenvalue weighted by Gasteiger charge is -2.44. The van der Waals surface area contributed by atoms with E-state index in [1.807, 2.05) is 20.8 Å². The van der Waals surface area contributed by atoms with E-state index in [0.29, 0.717) is 12.6 Å². The van der Waals surface area contributed by atoms with Gasteiger partial charge >= 0.3 is 0 Å². The molecule has 1 saturated heterocycles. The Morgan fingerprint density at radius 1 is 1.17 bits per heavy atom. The van der Waals surface area contributed by atoms with Crippen LogP contribution in [0.25, 0.3) is 0 Å². The van der Waals surface area contributed by atoms with Crippen LogP contribution in [0, 0.1) is 5.92 Å². The Labute approximate surface area is 111 Å². The molecule has 0 spiro atoms. The van der Waals surface area contributed by atoms with Gasteiger partial charge < -0.3 is 5.32 Å². The first-order chi connectivity index (χ1) is 8.46. The largest absolute Gasteiger partial charge is 0.350 e. The van der Waals surface area contributed by atoms with Crippen molar-refractivity contribution in [1.82, 2.24) is 10.2 Å². The van der Waals surface area contributed by atoms with Gasteiger partial charge in [-0.15, -0.1) is 0 Å². The lowest BCUT2D eigenvalue weighted by molar-refractivity contribution is -0.125. The standard InChI is InChI=1S/C15H28N2O/c1-15(2,3)16-14(18)11-17-10-6-8-12-7-4-5-9-13(12)17/h12-13H,4-11H2,1-3H3,(H,16,18). The Morgan fingerprint density at radius 2 is 1.83 bits per heavy atom. The van der Waals surface area contributed by atoms with Gasteiger partial charge in [0.2, 0.25) is 5.91 Å². The van der Waals surface area contributed by atoms with E-state index in [0.717, 1.165) is 12.5 Å². The molecule has 0 radical (unpaired) electrons. The number of rotatable bonds is 2. The number of carbonyl (C=O) groups excluding carboxylic acids is 1. The molecule has 2 aliphatic rings. The lowest BCUT2D eigenvalue weighted by Crippen LogP contribution is -2.52. The van der Waals surface area contributed by atoms with Crippen LogP contribution < -0.4 is 5.32 Å². The monoisotopic (exact) mass is 252 g/mol. The first-order valence-electron chi connectivity index (χ1n) is 7.51. The Hall–Kier alpha value is -0.570. The molecule has 2 rings (SSSR count). The molecule has 3 nitrogen and oxygen atoms in total.